The van der Waals surface area contributed by atoms with E-state index in [9.17, 15) is 9.59 Å². The molecule has 2 fully saturated rings. The smallest absolute Gasteiger partial charge is 0.243 e. The summed E-state index contributed by atoms with van der Waals surface area (Å²) in [6.45, 7) is 0.736. The Kier molecular flexibility index (Phi) is 6.67. The fraction of sp³-hybridized carbons (Fsp3) is 0.812. The number of hydrogen-bond donors (Lipinski definition) is 3. The fourth-order valence-electron chi connectivity index (χ4n) is 2.91. The monoisotopic (exact) mass is 323 g/mol. The quantitative estimate of drug-likeness (QED) is 0.510. The summed E-state index contributed by atoms with van der Waals surface area (Å²) in [5.74, 6) is 0.768. The molecule has 1 heterocycles. The molecule has 2 amide bonds. The second-order valence-corrected chi connectivity index (χ2v) is 6.62. The van der Waals surface area contributed by atoms with Gasteiger partial charge >= 0.3 is 0 Å². The van der Waals surface area contributed by atoms with Crippen molar-refractivity contribution in [3.63, 3.8) is 0 Å². The Morgan fingerprint density at radius 3 is 2.48 bits per heavy atom. The molecular weight excluding hydrogens is 294 g/mol. The van der Waals surface area contributed by atoms with Crippen LogP contribution in [0, 0.1) is 0 Å². The number of carbonyl (C=O) groups excluding carboxylic acids is 2. The molecule has 0 bridgehead atoms. The molecule has 1 aliphatic heterocycles. The van der Waals surface area contributed by atoms with Gasteiger partial charge in [-0.25, -0.2) is 4.99 Å². The molecule has 0 radical (unpaired) electrons. The number of hydrogen-bond acceptors (Lipinski definition) is 3. The van der Waals surface area contributed by atoms with E-state index in [1.807, 2.05) is 0 Å². The Hall–Kier alpha value is -1.79. The predicted octanol–water partition coefficient (Wildman–Crippen LogP) is 0.221. The molecule has 0 aromatic rings. The molecule has 1 unspecified atom stereocenters. The number of nitrogens with zero attached hydrogens (tertiary/aromatic N) is 2. The molecule has 23 heavy (non-hydrogen) atoms. The van der Waals surface area contributed by atoms with Crippen LogP contribution in [0.2, 0.25) is 0 Å². The fourth-order valence-corrected chi connectivity index (χ4v) is 2.91. The summed E-state index contributed by atoms with van der Waals surface area (Å²) >= 11 is 0. The molecule has 1 saturated heterocycles. The maximum absolute atomic E-state index is 11.8. The van der Waals surface area contributed by atoms with Crippen molar-refractivity contribution in [3.8, 4) is 0 Å². The van der Waals surface area contributed by atoms with E-state index < -0.39 is 0 Å². The van der Waals surface area contributed by atoms with Crippen LogP contribution in [0.4, 0.5) is 0 Å². The largest absolute Gasteiger partial charge is 0.354 e. The van der Waals surface area contributed by atoms with Crippen molar-refractivity contribution < 1.29 is 9.59 Å². The zero-order valence-electron chi connectivity index (χ0n) is 14.2. The highest BCUT2D eigenvalue weighted by Crippen LogP contribution is 2.17. The first-order valence-electron chi connectivity index (χ1n) is 8.59. The van der Waals surface area contributed by atoms with Crippen LogP contribution in [0.25, 0.3) is 0 Å². The van der Waals surface area contributed by atoms with Gasteiger partial charge in [-0.15, -0.1) is 0 Å². The first-order chi connectivity index (χ1) is 11.0. The lowest BCUT2D eigenvalue weighted by Gasteiger charge is -2.29. The molecule has 3 N–H and O–H groups in total. The molecule has 0 spiro atoms. The SMILES string of the molecule is CN(C)C(=O)CN=C(NC1CCCCC1)NC1CCC(=O)NC1. The zero-order chi connectivity index (χ0) is 16.7. The first-order valence-corrected chi connectivity index (χ1v) is 8.59. The third-order valence-corrected chi connectivity index (χ3v) is 4.42. The summed E-state index contributed by atoms with van der Waals surface area (Å²) < 4.78 is 0. The van der Waals surface area contributed by atoms with Crippen LogP contribution in [0.1, 0.15) is 44.9 Å². The molecule has 1 atom stereocenters. The van der Waals surface area contributed by atoms with Crippen molar-refractivity contribution in [2.45, 2.75) is 57.0 Å². The number of amides is 2. The van der Waals surface area contributed by atoms with Gasteiger partial charge in [-0.05, 0) is 19.3 Å². The van der Waals surface area contributed by atoms with Gasteiger partial charge in [-0.3, -0.25) is 9.59 Å². The Balaban J connectivity index is 1.93. The number of rotatable bonds is 4. The van der Waals surface area contributed by atoms with Gasteiger partial charge in [0.05, 0.1) is 0 Å². The minimum absolute atomic E-state index is 0.0216. The van der Waals surface area contributed by atoms with E-state index in [1.54, 1.807) is 19.0 Å². The van der Waals surface area contributed by atoms with Crippen LogP contribution in [0.3, 0.4) is 0 Å². The van der Waals surface area contributed by atoms with E-state index >= 15 is 0 Å². The summed E-state index contributed by atoms with van der Waals surface area (Å²) in [5.41, 5.74) is 0. The highest BCUT2D eigenvalue weighted by molar-refractivity contribution is 5.85. The Morgan fingerprint density at radius 1 is 1.17 bits per heavy atom. The molecule has 1 saturated carbocycles. The van der Waals surface area contributed by atoms with Crippen molar-refractivity contribution in [2.24, 2.45) is 4.99 Å². The Labute approximate surface area is 138 Å². The average molecular weight is 323 g/mol. The Morgan fingerprint density at radius 2 is 1.87 bits per heavy atom. The molecule has 0 aromatic carbocycles. The van der Waals surface area contributed by atoms with Crippen LogP contribution in [-0.4, -0.2) is 61.9 Å². The number of likely N-dealkylation sites (N-methyl/N-ethyl adjacent to an activating group) is 1. The van der Waals surface area contributed by atoms with E-state index in [1.165, 1.54) is 19.3 Å². The van der Waals surface area contributed by atoms with E-state index in [4.69, 9.17) is 0 Å². The van der Waals surface area contributed by atoms with Gasteiger partial charge in [0.15, 0.2) is 5.96 Å². The standard InChI is InChI=1S/C16H29N5O2/c1-21(2)15(23)11-18-16(19-12-6-4-3-5-7-12)20-13-8-9-14(22)17-10-13/h12-13H,3-11H2,1-2H3,(H,17,22)(H2,18,19,20). The highest BCUT2D eigenvalue weighted by Gasteiger charge is 2.21. The molecule has 7 heteroatoms. The molecule has 2 rings (SSSR count). The molecule has 130 valence electrons. The minimum Gasteiger partial charge on any atom is -0.354 e. The van der Waals surface area contributed by atoms with E-state index in [0.717, 1.165) is 19.3 Å². The number of nitrogens with one attached hydrogen (secondary N) is 3. The van der Waals surface area contributed by atoms with Crippen LogP contribution in [0.15, 0.2) is 4.99 Å². The molecule has 0 aromatic heterocycles. The summed E-state index contributed by atoms with van der Waals surface area (Å²) in [6.07, 6.45) is 7.38. The van der Waals surface area contributed by atoms with Crippen molar-refractivity contribution in [3.05, 3.63) is 0 Å². The van der Waals surface area contributed by atoms with Crippen LogP contribution in [-0.2, 0) is 9.59 Å². The topological polar surface area (TPSA) is 85.8 Å². The Bertz CT molecular complexity index is 434. The van der Waals surface area contributed by atoms with Gasteiger partial charge in [-0.2, -0.15) is 0 Å². The summed E-state index contributed by atoms with van der Waals surface area (Å²) in [5, 5.41) is 9.70. The van der Waals surface area contributed by atoms with Crippen molar-refractivity contribution in [2.75, 3.05) is 27.2 Å². The zero-order valence-corrected chi connectivity index (χ0v) is 14.2. The van der Waals surface area contributed by atoms with Crippen LogP contribution in [0.5, 0.6) is 0 Å². The summed E-state index contributed by atoms with van der Waals surface area (Å²) in [6, 6.07) is 0.583. The summed E-state index contributed by atoms with van der Waals surface area (Å²) in [4.78, 5) is 29.0. The van der Waals surface area contributed by atoms with E-state index in [0.29, 0.717) is 25.0 Å². The van der Waals surface area contributed by atoms with Gasteiger partial charge in [0.25, 0.3) is 0 Å². The normalized spacial score (nSPS) is 23.1. The number of piperidine rings is 1. The molecule has 7 nitrogen and oxygen atoms in total. The first kappa shape index (κ1) is 17.6. The predicted molar refractivity (Wildman–Crippen MR) is 90.2 cm³/mol. The summed E-state index contributed by atoms with van der Waals surface area (Å²) in [7, 11) is 3.46. The second kappa shape index (κ2) is 8.74. The highest BCUT2D eigenvalue weighted by atomic mass is 16.2. The van der Waals surface area contributed by atoms with E-state index in [2.05, 4.69) is 20.9 Å². The van der Waals surface area contributed by atoms with Gasteiger partial charge in [-0.1, -0.05) is 19.3 Å². The lowest BCUT2D eigenvalue weighted by Crippen LogP contribution is -2.53. The van der Waals surface area contributed by atoms with Crippen LogP contribution >= 0.6 is 0 Å². The third kappa shape index (κ3) is 6.08. The maximum Gasteiger partial charge on any atom is 0.243 e. The lowest BCUT2D eigenvalue weighted by molar-refractivity contribution is -0.127. The average Bonchev–Trinajstić information content (AvgIpc) is 2.55. The minimum atomic E-state index is -0.0216. The van der Waals surface area contributed by atoms with Crippen molar-refractivity contribution in [1.82, 2.24) is 20.9 Å². The van der Waals surface area contributed by atoms with Gasteiger partial charge in [0.2, 0.25) is 11.8 Å². The molecule has 2 aliphatic rings. The third-order valence-electron chi connectivity index (χ3n) is 4.42. The van der Waals surface area contributed by atoms with Gasteiger partial charge < -0.3 is 20.9 Å². The number of guanidine groups is 1. The number of aliphatic imine (C=N–C) groups is 1. The lowest BCUT2D eigenvalue weighted by atomic mass is 9.96. The van der Waals surface area contributed by atoms with Crippen molar-refractivity contribution in [1.29, 1.82) is 0 Å². The van der Waals surface area contributed by atoms with Crippen molar-refractivity contribution >= 4 is 17.8 Å². The van der Waals surface area contributed by atoms with Crippen LogP contribution < -0.4 is 16.0 Å². The van der Waals surface area contributed by atoms with Gasteiger partial charge in [0.1, 0.15) is 6.54 Å². The number of carbonyl (C=O) groups is 2. The maximum atomic E-state index is 11.8. The van der Waals surface area contributed by atoms with E-state index in [-0.39, 0.29) is 24.4 Å². The molecule has 1 aliphatic carbocycles. The second-order valence-electron chi connectivity index (χ2n) is 6.62. The molecular formula is C16H29N5O2. The van der Waals surface area contributed by atoms with Gasteiger partial charge in [0, 0.05) is 39.1 Å².